The summed E-state index contributed by atoms with van der Waals surface area (Å²) in [5.41, 5.74) is 1.96. The van der Waals surface area contributed by atoms with Crippen molar-refractivity contribution in [2.75, 3.05) is 33.4 Å². The predicted octanol–water partition coefficient (Wildman–Crippen LogP) is -0.287. The van der Waals surface area contributed by atoms with Crippen LogP contribution >= 0.6 is 0 Å². The van der Waals surface area contributed by atoms with Gasteiger partial charge < -0.3 is 24.3 Å². The van der Waals surface area contributed by atoms with Gasteiger partial charge in [-0.15, -0.1) is 5.48 Å². The molecule has 19 heavy (non-hydrogen) atoms. The molecule has 0 aliphatic carbocycles. The van der Waals surface area contributed by atoms with Crippen LogP contribution in [-0.4, -0.2) is 61.3 Å². The number of carbonyl (C=O) groups excluding carboxylic acids is 2. The first-order chi connectivity index (χ1) is 9.13. The van der Waals surface area contributed by atoms with Gasteiger partial charge in [0.25, 0.3) is 5.91 Å². The predicted molar refractivity (Wildman–Crippen MR) is 61.3 cm³/mol. The highest BCUT2D eigenvalue weighted by atomic mass is 16.8. The van der Waals surface area contributed by atoms with Crippen molar-refractivity contribution >= 4 is 11.9 Å². The third-order valence-electron chi connectivity index (χ3n) is 3.47. The second-order valence-electron chi connectivity index (χ2n) is 4.49. The Balaban J connectivity index is 2.09. The van der Waals surface area contributed by atoms with E-state index in [0.29, 0.717) is 32.7 Å². The number of hydrogen-bond donors (Lipinski definition) is 2. The number of amides is 1. The number of ether oxygens (including phenoxy) is 3. The summed E-state index contributed by atoms with van der Waals surface area (Å²) in [5.74, 6) is -2.26. The maximum atomic E-state index is 12.1. The summed E-state index contributed by atoms with van der Waals surface area (Å²) in [6.07, 6.45) is 0.0462. The fourth-order valence-corrected chi connectivity index (χ4v) is 2.46. The minimum absolute atomic E-state index is 0.116. The van der Waals surface area contributed by atoms with Crippen LogP contribution in [0.3, 0.4) is 0 Å². The van der Waals surface area contributed by atoms with Gasteiger partial charge in [-0.25, -0.2) is 4.79 Å². The van der Waals surface area contributed by atoms with Crippen molar-refractivity contribution < 1.29 is 29.0 Å². The molecule has 0 spiro atoms. The van der Waals surface area contributed by atoms with Gasteiger partial charge in [-0.2, -0.15) is 0 Å². The van der Waals surface area contributed by atoms with E-state index in [1.807, 2.05) is 5.48 Å². The van der Waals surface area contributed by atoms with Crippen LogP contribution < -0.4 is 5.48 Å². The Kier molecular flexibility index (Phi) is 4.35. The van der Waals surface area contributed by atoms with Gasteiger partial charge in [0.1, 0.15) is 5.78 Å². The zero-order valence-corrected chi connectivity index (χ0v) is 10.8. The van der Waals surface area contributed by atoms with E-state index >= 15 is 0 Å². The van der Waals surface area contributed by atoms with Crippen LogP contribution in [0.15, 0.2) is 0 Å². The van der Waals surface area contributed by atoms with Crippen molar-refractivity contribution in [3.8, 4) is 0 Å². The zero-order valence-electron chi connectivity index (χ0n) is 10.8. The molecule has 2 fully saturated rings. The molecular formula is C11H18N2O6. The number of ketones is 1. The molecule has 2 rings (SSSR count). The topological polar surface area (TPSA) is 97.3 Å². The number of likely N-dealkylation sites (tertiary alicyclic amines) is 1. The van der Waals surface area contributed by atoms with Crippen LogP contribution in [0.25, 0.3) is 0 Å². The number of carbonyl (C=O) groups is 2. The Hall–Kier alpha value is -1.22. The molecule has 2 saturated heterocycles. The Morgan fingerprint density at radius 1 is 1.47 bits per heavy atom. The van der Waals surface area contributed by atoms with Gasteiger partial charge >= 0.3 is 6.09 Å². The number of nitrogens with zero attached hydrogens (tertiary/aromatic N) is 1. The van der Waals surface area contributed by atoms with E-state index < -0.39 is 17.9 Å². The summed E-state index contributed by atoms with van der Waals surface area (Å²) in [7, 11) is 1.30. The lowest BCUT2D eigenvalue weighted by atomic mass is 9.95. The maximum absolute atomic E-state index is 12.1. The summed E-state index contributed by atoms with van der Waals surface area (Å²) in [5, 5.41) is 9.24. The number of nitrogens with one attached hydrogen (secondary N) is 1. The molecule has 1 unspecified atom stereocenters. The summed E-state index contributed by atoms with van der Waals surface area (Å²) in [4.78, 5) is 25.1. The number of Topliss-reactive ketones (excluding diaryl/α,β-unsaturated/α-hetero) is 1. The van der Waals surface area contributed by atoms with Gasteiger partial charge in [0.2, 0.25) is 0 Å². The molecule has 2 heterocycles. The van der Waals surface area contributed by atoms with Crippen LogP contribution in [0.5, 0.6) is 0 Å². The highest BCUT2D eigenvalue weighted by molar-refractivity contribution is 5.83. The van der Waals surface area contributed by atoms with Gasteiger partial charge in [-0.1, -0.05) is 0 Å². The third kappa shape index (κ3) is 2.71. The lowest BCUT2D eigenvalue weighted by molar-refractivity contribution is -0.262. The molecule has 1 atom stereocenters. The Morgan fingerprint density at radius 2 is 2.16 bits per heavy atom. The number of hydroxylamine groups is 1. The summed E-state index contributed by atoms with van der Waals surface area (Å²) in [6.45, 7) is 1.25. The zero-order chi connectivity index (χ0) is 13.9. The summed E-state index contributed by atoms with van der Waals surface area (Å²) in [6, 6.07) is 0. The van der Waals surface area contributed by atoms with Crippen LogP contribution in [-0.2, 0) is 19.0 Å². The quantitative estimate of drug-likeness (QED) is 0.668. The van der Waals surface area contributed by atoms with Crippen molar-refractivity contribution in [3.05, 3.63) is 0 Å². The molecule has 0 aromatic rings. The SMILES string of the molecule is COC(=O)N1CCC(=O)C(C2(NO)OCCO2)CC1. The van der Waals surface area contributed by atoms with E-state index in [-0.39, 0.29) is 12.2 Å². The smallest absolute Gasteiger partial charge is 0.409 e. The molecule has 0 bridgehead atoms. The second-order valence-corrected chi connectivity index (χ2v) is 4.49. The summed E-state index contributed by atoms with van der Waals surface area (Å²) < 4.78 is 15.3. The van der Waals surface area contributed by atoms with Crippen LogP contribution in [0.2, 0.25) is 0 Å². The molecule has 108 valence electrons. The maximum Gasteiger partial charge on any atom is 0.409 e. The molecule has 2 aliphatic rings. The first-order valence-corrected chi connectivity index (χ1v) is 6.18. The van der Waals surface area contributed by atoms with Gasteiger partial charge in [0, 0.05) is 19.5 Å². The van der Waals surface area contributed by atoms with Crippen molar-refractivity contribution in [1.29, 1.82) is 0 Å². The number of methoxy groups -OCH3 is 1. The molecule has 0 aromatic carbocycles. The van der Waals surface area contributed by atoms with E-state index in [0.717, 1.165) is 0 Å². The van der Waals surface area contributed by atoms with Crippen LogP contribution in [0, 0.1) is 5.92 Å². The van der Waals surface area contributed by atoms with Crippen molar-refractivity contribution in [2.24, 2.45) is 5.92 Å². The largest absolute Gasteiger partial charge is 0.453 e. The number of hydrogen-bond acceptors (Lipinski definition) is 7. The highest BCUT2D eigenvalue weighted by Crippen LogP contribution is 2.31. The molecule has 0 radical (unpaired) electrons. The molecule has 2 N–H and O–H groups in total. The van der Waals surface area contributed by atoms with Gasteiger partial charge in [-0.05, 0) is 6.42 Å². The highest BCUT2D eigenvalue weighted by Gasteiger charge is 2.49. The molecule has 0 aromatic heterocycles. The van der Waals surface area contributed by atoms with Crippen molar-refractivity contribution in [1.82, 2.24) is 10.4 Å². The average molecular weight is 274 g/mol. The Bertz CT molecular complexity index is 355. The normalized spacial score (nSPS) is 27.2. The standard InChI is InChI=1S/C11H18N2O6/c1-17-10(15)13-4-2-8(9(14)3-5-13)11(12-16)18-6-7-19-11/h8,12,16H,2-7H2,1H3. The Morgan fingerprint density at radius 3 is 2.74 bits per heavy atom. The fourth-order valence-electron chi connectivity index (χ4n) is 2.46. The third-order valence-corrected chi connectivity index (χ3v) is 3.47. The Labute approximate surface area is 110 Å². The van der Waals surface area contributed by atoms with Crippen molar-refractivity contribution in [3.63, 3.8) is 0 Å². The van der Waals surface area contributed by atoms with Gasteiger partial charge in [-0.3, -0.25) is 4.79 Å². The lowest BCUT2D eigenvalue weighted by Gasteiger charge is -2.32. The van der Waals surface area contributed by atoms with E-state index in [1.54, 1.807) is 0 Å². The molecule has 2 aliphatic heterocycles. The first kappa shape index (κ1) is 14.2. The van der Waals surface area contributed by atoms with E-state index in [2.05, 4.69) is 4.74 Å². The first-order valence-electron chi connectivity index (χ1n) is 6.18. The van der Waals surface area contributed by atoms with Crippen LogP contribution in [0.1, 0.15) is 12.8 Å². The molecule has 8 nitrogen and oxygen atoms in total. The van der Waals surface area contributed by atoms with Crippen LogP contribution in [0.4, 0.5) is 4.79 Å². The second kappa shape index (κ2) is 5.83. The van der Waals surface area contributed by atoms with E-state index in [4.69, 9.17) is 9.47 Å². The molecule has 0 saturated carbocycles. The fraction of sp³-hybridized carbons (Fsp3) is 0.818. The molecular weight excluding hydrogens is 256 g/mol. The van der Waals surface area contributed by atoms with Crippen molar-refractivity contribution in [2.45, 2.75) is 18.8 Å². The molecule has 8 heteroatoms. The average Bonchev–Trinajstić information content (AvgIpc) is 2.83. The lowest BCUT2D eigenvalue weighted by Crippen LogP contribution is -2.54. The van der Waals surface area contributed by atoms with E-state index in [9.17, 15) is 14.8 Å². The minimum Gasteiger partial charge on any atom is -0.453 e. The van der Waals surface area contributed by atoms with E-state index in [1.165, 1.54) is 12.0 Å². The van der Waals surface area contributed by atoms with Gasteiger partial charge in [0.15, 0.2) is 0 Å². The van der Waals surface area contributed by atoms with Gasteiger partial charge in [0.05, 0.1) is 26.2 Å². The summed E-state index contributed by atoms with van der Waals surface area (Å²) >= 11 is 0. The monoisotopic (exact) mass is 274 g/mol. The number of rotatable bonds is 2. The molecule has 1 amide bonds. The minimum atomic E-state index is -1.48.